The summed E-state index contributed by atoms with van der Waals surface area (Å²) in [6, 6.07) is 4.01. The number of hydrogen-bond donors (Lipinski definition) is 1. The van der Waals surface area contributed by atoms with Gasteiger partial charge in [-0.05, 0) is 30.5 Å². The van der Waals surface area contributed by atoms with E-state index in [1.54, 1.807) is 14.2 Å². The number of nitrogens with zero attached hydrogens (tertiary/aromatic N) is 1. The zero-order valence-corrected chi connectivity index (χ0v) is 12.9. The SMILES string of the molecule is COc1cc(C)c(N(C)CC(C)(C)CN)cc1OC. The molecule has 0 amide bonds. The highest BCUT2D eigenvalue weighted by Gasteiger charge is 2.20. The van der Waals surface area contributed by atoms with Gasteiger partial charge >= 0.3 is 0 Å². The Morgan fingerprint density at radius 3 is 2.16 bits per heavy atom. The van der Waals surface area contributed by atoms with Crippen molar-refractivity contribution in [3.63, 3.8) is 0 Å². The fourth-order valence-corrected chi connectivity index (χ4v) is 2.17. The van der Waals surface area contributed by atoms with Crippen molar-refractivity contribution in [3.8, 4) is 11.5 Å². The van der Waals surface area contributed by atoms with Crippen molar-refractivity contribution in [2.45, 2.75) is 20.8 Å². The number of aryl methyl sites for hydroxylation is 1. The van der Waals surface area contributed by atoms with Crippen LogP contribution < -0.4 is 20.1 Å². The third kappa shape index (κ3) is 3.77. The van der Waals surface area contributed by atoms with Crippen LogP contribution >= 0.6 is 0 Å². The van der Waals surface area contributed by atoms with Crippen LogP contribution in [-0.4, -0.2) is 34.4 Å². The van der Waals surface area contributed by atoms with E-state index in [0.717, 1.165) is 29.3 Å². The van der Waals surface area contributed by atoms with Gasteiger partial charge in [0, 0.05) is 25.3 Å². The zero-order valence-electron chi connectivity index (χ0n) is 12.9. The lowest BCUT2D eigenvalue weighted by molar-refractivity contribution is 0.354. The number of benzene rings is 1. The highest BCUT2D eigenvalue weighted by Crippen LogP contribution is 2.35. The van der Waals surface area contributed by atoms with Gasteiger partial charge in [0.1, 0.15) is 0 Å². The minimum atomic E-state index is 0.0777. The molecule has 0 bridgehead atoms. The molecule has 1 aromatic carbocycles. The van der Waals surface area contributed by atoms with Gasteiger partial charge in [0.05, 0.1) is 14.2 Å². The van der Waals surface area contributed by atoms with Gasteiger partial charge in [0.25, 0.3) is 0 Å². The van der Waals surface area contributed by atoms with Crippen molar-refractivity contribution in [3.05, 3.63) is 17.7 Å². The molecule has 2 N–H and O–H groups in total. The Bertz CT molecular complexity index is 430. The lowest BCUT2D eigenvalue weighted by atomic mass is 9.93. The number of ether oxygens (including phenoxy) is 2. The van der Waals surface area contributed by atoms with Crippen molar-refractivity contribution >= 4 is 5.69 Å². The molecule has 0 heterocycles. The first-order valence-corrected chi connectivity index (χ1v) is 6.48. The maximum absolute atomic E-state index is 5.80. The molecule has 1 aromatic rings. The molecule has 0 fully saturated rings. The Balaban J connectivity index is 3.06. The van der Waals surface area contributed by atoms with E-state index in [1.165, 1.54) is 0 Å². The number of anilines is 1. The molecule has 0 saturated heterocycles. The van der Waals surface area contributed by atoms with Crippen LogP contribution in [0.2, 0.25) is 0 Å². The predicted octanol–water partition coefficient (Wildman–Crippen LogP) is 2.43. The average Bonchev–Trinajstić information content (AvgIpc) is 2.37. The van der Waals surface area contributed by atoms with Crippen LogP contribution in [0.1, 0.15) is 19.4 Å². The smallest absolute Gasteiger partial charge is 0.162 e. The van der Waals surface area contributed by atoms with E-state index in [9.17, 15) is 0 Å². The van der Waals surface area contributed by atoms with Crippen LogP contribution in [0.15, 0.2) is 12.1 Å². The first kappa shape index (κ1) is 15.6. The minimum absolute atomic E-state index is 0.0777. The predicted molar refractivity (Wildman–Crippen MR) is 80.4 cm³/mol. The first-order valence-electron chi connectivity index (χ1n) is 6.48. The van der Waals surface area contributed by atoms with Gasteiger partial charge in [-0.15, -0.1) is 0 Å². The van der Waals surface area contributed by atoms with Gasteiger partial charge in [0.2, 0.25) is 0 Å². The van der Waals surface area contributed by atoms with Crippen molar-refractivity contribution in [1.82, 2.24) is 0 Å². The molecule has 0 saturated carbocycles. The number of nitrogens with two attached hydrogens (primary N) is 1. The first-order chi connectivity index (χ1) is 8.84. The molecule has 0 atom stereocenters. The van der Waals surface area contributed by atoms with Crippen LogP contribution in [0.4, 0.5) is 5.69 Å². The standard InChI is InChI=1S/C15H26N2O2/c1-11-7-13(18-5)14(19-6)8-12(11)17(4)10-15(2,3)9-16/h7-8H,9-10,16H2,1-6H3. The van der Waals surface area contributed by atoms with Crippen molar-refractivity contribution < 1.29 is 9.47 Å². The molecule has 108 valence electrons. The topological polar surface area (TPSA) is 47.7 Å². The summed E-state index contributed by atoms with van der Waals surface area (Å²) in [7, 11) is 5.38. The quantitative estimate of drug-likeness (QED) is 0.859. The molecule has 0 aliphatic rings. The van der Waals surface area contributed by atoms with Crippen molar-refractivity contribution in [2.75, 3.05) is 39.3 Å². The lowest BCUT2D eigenvalue weighted by Gasteiger charge is -2.31. The summed E-state index contributed by atoms with van der Waals surface area (Å²) in [5.74, 6) is 1.51. The molecule has 0 aliphatic carbocycles. The Hall–Kier alpha value is -1.42. The summed E-state index contributed by atoms with van der Waals surface area (Å²) in [6.07, 6.45) is 0. The molecule has 0 spiro atoms. The van der Waals surface area contributed by atoms with Crippen molar-refractivity contribution in [1.29, 1.82) is 0 Å². The summed E-state index contributed by atoms with van der Waals surface area (Å²) in [5, 5.41) is 0. The summed E-state index contributed by atoms with van der Waals surface area (Å²) < 4.78 is 10.7. The molecule has 0 unspecified atom stereocenters. The molecule has 4 heteroatoms. The zero-order chi connectivity index (χ0) is 14.6. The molecule has 19 heavy (non-hydrogen) atoms. The van der Waals surface area contributed by atoms with Gasteiger partial charge in [0.15, 0.2) is 11.5 Å². The average molecular weight is 266 g/mol. The summed E-state index contributed by atoms with van der Waals surface area (Å²) in [5.41, 5.74) is 8.18. The fraction of sp³-hybridized carbons (Fsp3) is 0.600. The van der Waals surface area contributed by atoms with Crippen LogP contribution in [0.5, 0.6) is 11.5 Å². The van der Waals surface area contributed by atoms with E-state index in [1.807, 2.05) is 12.1 Å². The third-order valence-corrected chi connectivity index (χ3v) is 3.33. The largest absolute Gasteiger partial charge is 0.493 e. The second-order valence-electron chi connectivity index (χ2n) is 5.72. The van der Waals surface area contributed by atoms with Gasteiger partial charge in [-0.3, -0.25) is 0 Å². The molecule has 4 nitrogen and oxygen atoms in total. The van der Waals surface area contributed by atoms with E-state index >= 15 is 0 Å². The fourth-order valence-electron chi connectivity index (χ4n) is 2.17. The summed E-state index contributed by atoms with van der Waals surface area (Å²) in [6.45, 7) is 7.95. The van der Waals surface area contributed by atoms with Gasteiger partial charge in [-0.1, -0.05) is 13.8 Å². The van der Waals surface area contributed by atoms with E-state index in [0.29, 0.717) is 6.54 Å². The monoisotopic (exact) mass is 266 g/mol. The molecule has 0 radical (unpaired) electrons. The lowest BCUT2D eigenvalue weighted by Crippen LogP contribution is -2.37. The molecular formula is C15H26N2O2. The second kappa shape index (κ2) is 6.15. The van der Waals surface area contributed by atoms with E-state index in [2.05, 4.69) is 32.7 Å². The maximum atomic E-state index is 5.80. The Morgan fingerprint density at radius 2 is 1.68 bits per heavy atom. The van der Waals surface area contributed by atoms with Gasteiger partial charge < -0.3 is 20.1 Å². The van der Waals surface area contributed by atoms with Gasteiger partial charge in [-0.25, -0.2) is 0 Å². The number of rotatable bonds is 6. The highest BCUT2D eigenvalue weighted by atomic mass is 16.5. The summed E-state index contributed by atoms with van der Waals surface area (Å²) >= 11 is 0. The molecule has 0 aromatic heterocycles. The Kier molecular flexibility index (Phi) is 5.06. The van der Waals surface area contributed by atoms with E-state index in [-0.39, 0.29) is 5.41 Å². The third-order valence-electron chi connectivity index (χ3n) is 3.33. The van der Waals surface area contributed by atoms with E-state index in [4.69, 9.17) is 15.2 Å². The number of methoxy groups -OCH3 is 2. The Labute approximate surface area is 116 Å². The molecule has 1 rings (SSSR count). The minimum Gasteiger partial charge on any atom is -0.493 e. The van der Waals surface area contributed by atoms with Crippen LogP contribution in [0.25, 0.3) is 0 Å². The van der Waals surface area contributed by atoms with Crippen LogP contribution in [-0.2, 0) is 0 Å². The highest BCUT2D eigenvalue weighted by molar-refractivity contribution is 5.61. The molecular weight excluding hydrogens is 240 g/mol. The van der Waals surface area contributed by atoms with E-state index < -0.39 is 0 Å². The summed E-state index contributed by atoms with van der Waals surface area (Å²) in [4.78, 5) is 2.21. The second-order valence-corrected chi connectivity index (χ2v) is 5.72. The van der Waals surface area contributed by atoms with Crippen LogP contribution in [0.3, 0.4) is 0 Å². The molecule has 0 aliphatic heterocycles. The maximum Gasteiger partial charge on any atom is 0.162 e. The van der Waals surface area contributed by atoms with Gasteiger partial charge in [-0.2, -0.15) is 0 Å². The number of hydrogen-bond acceptors (Lipinski definition) is 4. The van der Waals surface area contributed by atoms with Crippen LogP contribution in [0, 0.1) is 12.3 Å². The van der Waals surface area contributed by atoms with Crippen molar-refractivity contribution in [2.24, 2.45) is 11.1 Å². The Morgan fingerprint density at radius 1 is 1.16 bits per heavy atom. The normalized spacial score (nSPS) is 11.3.